The lowest BCUT2D eigenvalue weighted by molar-refractivity contribution is -0.118. The Bertz CT molecular complexity index is 801. The van der Waals surface area contributed by atoms with Crippen LogP contribution >= 0.6 is 11.8 Å². The third kappa shape index (κ3) is 5.87. The van der Waals surface area contributed by atoms with Gasteiger partial charge < -0.3 is 15.0 Å². The van der Waals surface area contributed by atoms with Crippen LogP contribution < -0.4 is 15.9 Å². The van der Waals surface area contributed by atoms with Gasteiger partial charge in [-0.25, -0.2) is 9.89 Å². The van der Waals surface area contributed by atoms with Crippen LogP contribution in [0.2, 0.25) is 0 Å². The highest BCUT2D eigenvalue weighted by molar-refractivity contribution is 7.99. The van der Waals surface area contributed by atoms with E-state index in [9.17, 15) is 9.59 Å². The minimum Gasteiger partial charge on any atom is -0.376 e. The highest BCUT2D eigenvalue weighted by Crippen LogP contribution is 2.18. The zero-order chi connectivity index (χ0) is 19.8. The van der Waals surface area contributed by atoms with Gasteiger partial charge in [-0.05, 0) is 31.4 Å². The second kappa shape index (κ2) is 10.3. The van der Waals surface area contributed by atoms with Crippen molar-refractivity contribution in [3.05, 3.63) is 40.8 Å². The smallest absolute Gasteiger partial charge is 0.344 e. The molecule has 1 amide bonds. The number of amides is 1. The van der Waals surface area contributed by atoms with Gasteiger partial charge in [-0.1, -0.05) is 30.0 Å². The van der Waals surface area contributed by atoms with Crippen LogP contribution in [0.1, 0.15) is 19.3 Å². The molecule has 2 N–H and O–H groups in total. The van der Waals surface area contributed by atoms with E-state index in [1.165, 1.54) is 11.8 Å². The summed E-state index contributed by atoms with van der Waals surface area (Å²) in [7, 11) is 2.04. The number of hydrogen-bond acceptors (Lipinski definition) is 6. The predicted octanol–water partition coefficient (Wildman–Crippen LogP) is 1.49. The predicted molar refractivity (Wildman–Crippen MR) is 110 cm³/mol. The molecular formula is C19H27N5O3S. The summed E-state index contributed by atoms with van der Waals surface area (Å²) in [4.78, 5) is 26.2. The van der Waals surface area contributed by atoms with Crippen LogP contribution in [0.15, 0.2) is 40.3 Å². The average Bonchev–Trinajstić information content (AvgIpc) is 3.35. The molecule has 0 aliphatic carbocycles. The van der Waals surface area contributed by atoms with Crippen LogP contribution in [-0.4, -0.2) is 59.3 Å². The molecule has 8 nitrogen and oxygen atoms in total. The molecule has 1 aliphatic heterocycles. The monoisotopic (exact) mass is 405 g/mol. The van der Waals surface area contributed by atoms with Crippen molar-refractivity contribution < 1.29 is 9.53 Å². The van der Waals surface area contributed by atoms with Crippen molar-refractivity contribution in [3.63, 3.8) is 0 Å². The number of carbonyl (C=O) groups excluding carboxylic acids is 1. The van der Waals surface area contributed by atoms with Gasteiger partial charge in [0, 0.05) is 32.4 Å². The fourth-order valence-corrected chi connectivity index (χ4v) is 3.89. The van der Waals surface area contributed by atoms with E-state index in [4.69, 9.17) is 4.74 Å². The average molecular weight is 406 g/mol. The number of anilines is 1. The van der Waals surface area contributed by atoms with Gasteiger partial charge in [0.25, 0.3) is 0 Å². The highest BCUT2D eigenvalue weighted by Gasteiger charge is 2.20. The van der Waals surface area contributed by atoms with E-state index in [1.807, 2.05) is 25.2 Å². The van der Waals surface area contributed by atoms with E-state index in [0.717, 1.165) is 38.1 Å². The number of ether oxygens (including phenoxy) is 1. The molecule has 0 bridgehead atoms. The Labute approximate surface area is 168 Å². The SMILES string of the molecule is CN(CCCNC(=O)CSc1n[nH]c(=O)n1CC1CCCO1)c1ccccc1. The van der Waals surface area contributed by atoms with Gasteiger partial charge >= 0.3 is 5.69 Å². The number of hydrogen-bond donors (Lipinski definition) is 2. The lowest BCUT2D eigenvalue weighted by Gasteiger charge is -2.19. The van der Waals surface area contributed by atoms with Crippen molar-refractivity contribution in [1.82, 2.24) is 20.1 Å². The van der Waals surface area contributed by atoms with Gasteiger partial charge in [0.05, 0.1) is 18.4 Å². The Kier molecular flexibility index (Phi) is 7.55. The molecule has 1 aliphatic rings. The zero-order valence-corrected chi connectivity index (χ0v) is 16.9. The van der Waals surface area contributed by atoms with Gasteiger partial charge in [-0.3, -0.25) is 9.36 Å². The summed E-state index contributed by atoms with van der Waals surface area (Å²) in [6, 6.07) is 10.1. The van der Waals surface area contributed by atoms with Gasteiger partial charge in [-0.15, -0.1) is 5.10 Å². The summed E-state index contributed by atoms with van der Waals surface area (Å²) in [5.74, 6) is 0.163. The van der Waals surface area contributed by atoms with E-state index >= 15 is 0 Å². The first-order chi connectivity index (χ1) is 13.6. The summed E-state index contributed by atoms with van der Waals surface area (Å²) < 4.78 is 7.14. The number of benzene rings is 1. The third-order valence-corrected chi connectivity index (χ3v) is 5.63. The molecule has 2 heterocycles. The molecule has 9 heteroatoms. The van der Waals surface area contributed by atoms with Crippen LogP contribution in [0.5, 0.6) is 0 Å². The standard InChI is InChI=1S/C19H27N5O3S/c1-23(15-7-3-2-4-8-15)11-6-10-20-17(25)14-28-19-22-21-18(26)24(19)13-16-9-5-12-27-16/h2-4,7-8,16H,5-6,9-14H2,1H3,(H,20,25)(H,21,26). The molecule has 2 aromatic rings. The van der Waals surface area contributed by atoms with Gasteiger partial charge in [0.15, 0.2) is 5.16 Å². The molecule has 0 radical (unpaired) electrons. The molecule has 1 fully saturated rings. The zero-order valence-electron chi connectivity index (χ0n) is 16.1. The first-order valence-corrected chi connectivity index (χ1v) is 10.5. The van der Waals surface area contributed by atoms with Crippen molar-refractivity contribution in [3.8, 4) is 0 Å². The van der Waals surface area contributed by atoms with E-state index < -0.39 is 0 Å². The van der Waals surface area contributed by atoms with Gasteiger partial charge in [0.1, 0.15) is 0 Å². The van der Waals surface area contributed by atoms with Crippen LogP contribution in [0.25, 0.3) is 0 Å². The molecule has 28 heavy (non-hydrogen) atoms. The molecular weight excluding hydrogens is 378 g/mol. The summed E-state index contributed by atoms with van der Waals surface area (Å²) in [6.45, 7) is 2.68. The number of nitrogens with zero attached hydrogens (tertiary/aromatic N) is 3. The number of para-hydroxylation sites is 1. The fourth-order valence-electron chi connectivity index (χ4n) is 3.10. The van der Waals surface area contributed by atoms with Crippen molar-refractivity contribution in [1.29, 1.82) is 0 Å². The third-order valence-electron chi connectivity index (χ3n) is 4.66. The molecule has 1 aromatic heterocycles. The summed E-state index contributed by atoms with van der Waals surface area (Å²) >= 11 is 1.26. The first-order valence-electron chi connectivity index (χ1n) is 9.56. The summed E-state index contributed by atoms with van der Waals surface area (Å²) in [5.41, 5.74) is 0.898. The Morgan fingerprint density at radius 3 is 3.00 bits per heavy atom. The second-order valence-electron chi connectivity index (χ2n) is 6.81. The number of thioether (sulfide) groups is 1. The quantitative estimate of drug-likeness (QED) is 0.460. The maximum absolute atomic E-state index is 12.1. The molecule has 1 saturated heterocycles. The Balaban J connectivity index is 1.37. The lowest BCUT2D eigenvalue weighted by Crippen LogP contribution is -2.29. The number of aromatic nitrogens is 3. The minimum atomic E-state index is -0.262. The number of carbonyl (C=O) groups is 1. The Hall–Kier alpha value is -2.26. The molecule has 1 aromatic carbocycles. The van der Waals surface area contributed by atoms with Crippen LogP contribution in [0.4, 0.5) is 5.69 Å². The molecule has 152 valence electrons. The Morgan fingerprint density at radius 1 is 1.43 bits per heavy atom. The molecule has 3 rings (SSSR count). The molecule has 0 spiro atoms. The number of H-pyrrole nitrogens is 1. The number of aromatic amines is 1. The Morgan fingerprint density at radius 2 is 2.25 bits per heavy atom. The van der Waals surface area contributed by atoms with E-state index in [0.29, 0.717) is 18.2 Å². The fraction of sp³-hybridized carbons (Fsp3) is 0.526. The number of rotatable bonds is 10. The maximum Gasteiger partial charge on any atom is 0.344 e. The van der Waals surface area contributed by atoms with Gasteiger partial charge in [0.2, 0.25) is 5.91 Å². The summed E-state index contributed by atoms with van der Waals surface area (Å²) in [5, 5.41) is 9.94. The molecule has 1 atom stereocenters. The van der Waals surface area contributed by atoms with E-state index in [-0.39, 0.29) is 23.5 Å². The molecule has 1 unspecified atom stereocenters. The van der Waals surface area contributed by atoms with Crippen molar-refractivity contribution in [2.24, 2.45) is 0 Å². The summed E-state index contributed by atoms with van der Waals surface area (Å²) in [6.07, 6.45) is 2.86. The van der Waals surface area contributed by atoms with Gasteiger partial charge in [-0.2, -0.15) is 0 Å². The minimum absolute atomic E-state index is 0.0464. The second-order valence-corrected chi connectivity index (χ2v) is 7.75. The lowest BCUT2D eigenvalue weighted by atomic mass is 10.2. The van der Waals surface area contributed by atoms with E-state index in [1.54, 1.807) is 4.57 Å². The first kappa shape index (κ1) is 20.5. The maximum atomic E-state index is 12.1. The van der Waals surface area contributed by atoms with Crippen molar-refractivity contribution in [2.45, 2.75) is 37.1 Å². The van der Waals surface area contributed by atoms with Crippen LogP contribution in [0, 0.1) is 0 Å². The highest BCUT2D eigenvalue weighted by atomic mass is 32.2. The largest absolute Gasteiger partial charge is 0.376 e. The molecule has 0 saturated carbocycles. The van der Waals surface area contributed by atoms with E-state index in [2.05, 4.69) is 32.5 Å². The van der Waals surface area contributed by atoms with Crippen LogP contribution in [0.3, 0.4) is 0 Å². The normalized spacial score (nSPS) is 16.2. The van der Waals surface area contributed by atoms with Crippen molar-refractivity contribution in [2.75, 3.05) is 37.4 Å². The number of nitrogens with one attached hydrogen (secondary N) is 2. The van der Waals surface area contributed by atoms with Crippen LogP contribution in [-0.2, 0) is 16.1 Å². The topological polar surface area (TPSA) is 92.3 Å². The van der Waals surface area contributed by atoms with Crippen molar-refractivity contribution >= 4 is 23.4 Å².